The minimum atomic E-state index is -0.381. The van der Waals surface area contributed by atoms with E-state index in [1.165, 1.54) is 31.2 Å². The van der Waals surface area contributed by atoms with Crippen LogP contribution in [0.5, 0.6) is 0 Å². The SMILES string of the molecule is C=C(NC(C)=O)Nc1ccc(C(=O)c2ccc(F)cc2)cc1C. The lowest BCUT2D eigenvalue weighted by Gasteiger charge is -2.13. The van der Waals surface area contributed by atoms with E-state index >= 15 is 0 Å². The van der Waals surface area contributed by atoms with E-state index in [1.807, 2.05) is 6.92 Å². The number of carbonyl (C=O) groups excluding carboxylic acids is 2. The van der Waals surface area contributed by atoms with Crippen LogP contribution in [0.1, 0.15) is 28.4 Å². The first-order chi connectivity index (χ1) is 10.9. The average Bonchev–Trinajstić information content (AvgIpc) is 2.48. The summed E-state index contributed by atoms with van der Waals surface area (Å²) in [5.74, 6) is -0.421. The van der Waals surface area contributed by atoms with Crippen LogP contribution in [-0.2, 0) is 4.79 Å². The Hall–Kier alpha value is -2.95. The molecule has 0 saturated carbocycles. The second-order valence-electron chi connectivity index (χ2n) is 5.15. The quantitative estimate of drug-likeness (QED) is 0.832. The van der Waals surface area contributed by atoms with Gasteiger partial charge in [0.05, 0.1) is 0 Å². The summed E-state index contributed by atoms with van der Waals surface area (Å²) in [5, 5.41) is 5.51. The number of anilines is 1. The highest BCUT2D eigenvalue weighted by Gasteiger charge is 2.11. The molecule has 2 aromatic rings. The third kappa shape index (κ3) is 4.26. The van der Waals surface area contributed by atoms with Gasteiger partial charge in [0.15, 0.2) is 5.78 Å². The zero-order valence-electron chi connectivity index (χ0n) is 12.9. The number of benzene rings is 2. The molecule has 2 aromatic carbocycles. The van der Waals surface area contributed by atoms with Crippen LogP contribution >= 0.6 is 0 Å². The molecule has 0 unspecified atom stereocenters. The van der Waals surface area contributed by atoms with Crippen LogP contribution in [0.15, 0.2) is 54.9 Å². The summed E-state index contributed by atoms with van der Waals surface area (Å²) in [6.07, 6.45) is 0. The van der Waals surface area contributed by atoms with Gasteiger partial charge in [0.2, 0.25) is 5.91 Å². The molecule has 2 N–H and O–H groups in total. The summed E-state index contributed by atoms with van der Waals surface area (Å²) in [5.41, 5.74) is 2.49. The van der Waals surface area contributed by atoms with Crippen molar-refractivity contribution in [3.05, 3.63) is 77.4 Å². The number of amides is 1. The zero-order valence-corrected chi connectivity index (χ0v) is 12.9. The van der Waals surface area contributed by atoms with E-state index in [2.05, 4.69) is 17.2 Å². The highest BCUT2D eigenvalue weighted by atomic mass is 19.1. The maximum Gasteiger partial charge on any atom is 0.222 e. The number of nitrogens with one attached hydrogen (secondary N) is 2. The molecule has 0 heterocycles. The molecule has 0 aliphatic heterocycles. The number of ketones is 1. The summed E-state index contributed by atoms with van der Waals surface area (Å²) >= 11 is 0. The van der Waals surface area contributed by atoms with Crippen molar-refractivity contribution in [2.75, 3.05) is 5.32 Å². The highest BCUT2D eigenvalue weighted by Crippen LogP contribution is 2.20. The van der Waals surface area contributed by atoms with Crippen molar-refractivity contribution in [3.63, 3.8) is 0 Å². The van der Waals surface area contributed by atoms with Gasteiger partial charge in [-0.3, -0.25) is 9.59 Å². The van der Waals surface area contributed by atoms with Gasteiger partial charge < -0.3 is 10.6 Å². The number of carbonyl (C=O) groups is 2. The molecule has 2 rings (SSSR count). The number of hydrogen-bond donors (Lipinski definition) is 2. The predicted octanol–water partition coefficient (Wildman–Crippen LogP) is 3.38. The van der Waals surface area contributed by atoms with Crippen LogP contribution in [0.25, 0.3) is 0 Å². The number of rotatable bonds is 5. The molecule has 0 aliphatic carbocycles. The molecule has 23 heavy (non-hydrogen) atoms. The Labute approximate surface area is 134 Å². The van der Waals surface area contributed by atoms with Crippen LogP contribution in [0, 0.1) is 12.7 Å². The van der Waals surface area contributed by atoms with Gasteiger partial charge in [0, 0.05) is 23.7 Å². The predicted molar refractivity (Wildman–Crippen MR) is 87.6 cm³/mol. The fourth-order valence-electron chi connectivity index (χ4n) is 2.12. The lowest BCUT2D eigenvalue weighted by atomic mass is 10.0. The van der Waals surface area contributed by atoms with Gasteiger partial charge in [-0.05, 0) is 55.0 Å². The van der Waals surface area contributed by atoms with Crippen LogP contribution in [0.2, 0.25) is 0 Å². The molecule has 0 aromatic heterocycles. The first-order valence-electron chi connectivity index (χ1n) is 7.01. The molecular weight excluding hydrogens is 295 g/mol. The molecule has 0 radical (unpaired) electrons. The minimum absolute atomic E-state index is 0.180. The lowest BCUT2D eigenvalue weighted by molar-refractivity contribution is -0.118. The molecule has 0 fully saturated rings. The molecule has 5 heteroatoms. The van der Waals surface area contributed by atoms with E-state index in [-0.39, 0.29) is 17.5 Å². The second-order valence-corrected chi connectivity index (χ2v) is 5.15. The minimum Gasteiger partial charge on any atom is -0.342 e. The van der Waals surface area contributed by atoms with Gasteiger partial charge in [-0.2, -0.15) is 0 Å². The molecule has 1 amide bonds. The van der Waals surface area contributed by atoms with Crippen molar-refractivity contribution < 1.29 is 14.0 Å². The van der Waals surface area contributed by atoms with E-state index in [9.17, 15) is 14.0 Å². The Bertz CT molecular complexity index is 767. The normalized spacial score (nSPS) is 10.0. The van der Waals surface area contributed by atoms with Gasteiger partial charge in [0.1, 0.15) is 11.6 Å². The Morgan fingerprint density at radius 3 is 2.22 bits per heavy atom. The fourth-order valence-corrected chi connectivity index (χ4v) is 2.12. The molecular formula is C18H17FN2O2. The van der Waals surface area contributed by atoms with Crippen LogP contribution in [0.4, 0.5) is 10.1 Å². The Kier molecular flexibility index (Phi) is 4.91. The number of aryl methyl sites for hydroxylation is 1. The Morgan fingerprint density at radius 2 is 1.65 bits per heavy atom. The molecule has 0 atom stereocenters. The third-order valence-corrected chi connectivity index (χ3v) is 3.21. The summed E-state index contributed by atoms with van der Waals surface area (Å²) in [6, 6.07) is 10.6. The largest absolute Gasteiger partial charge is 0.342 e. The van der Waals surface area contributed by atoms with Crippen molar-refractivity contribution in [3.8, 4) is 0 Å². The number of halogens is 1. The van der Waals surface area contributed by atoms with Crippen molar-refractivity contribution in [2.24, 2.45) is 0 Å². The van der Waals surface area contributed by atoms with Gasteiger partial charge in [0.25, 0.3) is 0 Å². The zero-order chi connectivity index (χ0) is 17.0. The topological polar surface area (TPSA) is 58.2 Å². The average molecular weight is 312 g/mol. The monoisotopic (exact) mass is 312 g/mol. The van der Waals surface area contributed by atoms with Crippen molar-refractivity contribution in [1.29, 1.82) is 0 Å². The molecule has 4 nitrogen and oxygen atoms in total. The maximum absolute atomic E-state index is 12.9. The Morgan fingerprint density at radius 1 is 1.04 bits per heavy atom. The van der Waals surface area contributed by atoms with E-state index in [4.69, 9.17) is 0 Å². The van der Waals surface area contributed by atoms with Gasteiger partial charge >= 0.3 is 0 Å². The summed E-state index contributed by atoms with van der Waals surface area (Å²) in [7, 11) is 0. The van der Waals surface area contributed by atoms with Crippen molar-refractivity contribution >= 4 is 17.4 Å². The van der Waals surface area contributed by atoms with Crippen LogP contribution < -0.4 is 10.6 Å². The summed E-state index contributed by atoms with van der Waals surface area (Å²) in [6.45, 7) is 6.93. The second kappa shape index (κ2) is 6.87. The lowest BCUT2D eigenvalue weighted by Crippen LogP contribution is -2.23. The fraction of sp³-hybridized carbons (Fsp3) is 0.111. The van der Waals surface area contributed by atoms with Crippen molar-refractivity contribution in [1.82, 2.24) is 5.32 Å². The molecule has 0 saturated heterocycles. The van der Waals surface area contributed by atoms with E-state index < -0.39 is 0 Å². The molecule has 0 bridgehead atoms. The van der Waals surface area contributed by atoms with Gasteiger partial charge in [-0.25, -0.2) is 4.39 Å². The van der Waals surface area contributed by atoms with E-state index in [1.54, 1.807) is 18.2 Å². The molecule has 118 valence electrons. The molecule has 0 aliphatic rings. The van der Waals surface area contributed by atoms with Gasteiger partial charge in [-0.1, -0.05) is 6.58 Å². The van der Waals surface area contributed by atoms with Crippen molar-refractivity contribution in [2.45, 2.75) is 13.8 Å². The van der Waals surface area contributed by atoms with E-state index in [0.717, 1.165) is 11.3 Å². The van der Waals surface area contributed by atoms with E-state index in [0.29, 0.717) is 16.9 Å². The van der Waals surface area contributed by atoms with Crippen LogP contribution in [0.3, 0.4) is 0 Å². The maximum atomic E-state index is 12.9. The smallest absolute Gasteiger partial charge is 0.222 e. The van der Waals surface area contributed by atoms with Gasteiger partial charge in [-0.15, -0.1) is 0 Å². The number of hydrogen-bond acceptors (Lipinski definition) is 3. The summed E-state index contributed by atoms with van der Waals surface area (Å²) < 4.78 is 12.9. The molecule has 0 spiro atoms. The third-order valence-electron chi connectivity index (χ3n) is 3.21. The first kappa shape index (κ1) is 16.4. The standard InChI is InChI=1S/C18H17FN2O2/c1-11-10-15(18(23)14-4-7-16(19)8-5-14)6-9-17(11)21-12(2)20-13(3)22/h4-10,21H,2H2,1,3H3,(H,20,22). The van der Waals surface area contributed by atoms with Crippen LogP contribution in [-0.4, -0.2) is 11.7 Å². The first-order valence-corrected chi connectivity index (χ1v) is 7.01. The Balaban J connectivity index is 2.18. The highest BCUT2D eigenvalue weighted by molar-refractivity contribution is 6.09. The summed E-state index contributed by atoms with van der Waals surface area (Å²) in [4.78, 5) is 23.3.